The summed E-state index contributed by atoms with van der Waals surface area (Å²) in [5.41, 5.74) is 0. The summed E-state index contributed by atoms with van der Waals surface area (Å²) in [5, 5.41) is 0. The van der Waals surface area contributed by atoms with E-state index in [1.54, 1.807) is 0 Å². The molecule has 0 aromatic heterocycles. The van der Waals surface area contributed by atoms with Gasteiger partial charge in [0.05, 0.1) is 27.7 Å². The van der Waals surface area contributed by atoms with Crippen LogP contribution in [0.4, 0.5) is 0 Å². The first-order chi connectivity index (χ1) is 26.5. The molecule has 0 rings (SSSR count). The molecule has 9 nitrogen and oxygen atoms in total. The number of hydrogen-bond acceptors (Lipinski definition) is 7. The van der Waals surface area contributed by atoms with Crippen LogP contribution in [0.1, 0.15) is 162 Å². The van der Waals surface area contributed by atoms with Gasteiger partial charge < -0.3 is 18.9 Å². The minimum atomic E-state index is -4.38. The minimum Gasteiger partial charge on any atom is -0.462 e. The van der Waals surface area contributed by atoms with Gasteiger partial charge in [0, 0.05) is 12.8 Å². The molecule has 0 aliphatic rings. The van der Waals surface area contributed by atoms with E-state index < -0.39 is 26.5 Å². The highest BCUT2D eigenvalue weighted by atomic mass is 31.2. The minimum absolute atomic E-state index is 0.0232. The van der Waals surface area contributed by atoms with Gasteiger partial charge >= 0.3 is 19.8 Å². The van der Waals surface area contributed by atoms with E-state index in [-0.39, 0.29) is 32.0 Å². The number of carbonyl (C=O) groups is 2. The summed E-state index contributed by atoms with van der Waals surface area (Å²) in [6, 6.07) is 0. The lowest BCUT2D eigenvalue weighted by atomic mass is 10.0. The third-order valence-electron chi connectivity index (χ3n) is 8.81. The molecule has 318 valence electrons. The quantitative estimate of drug-likeness (QED) is 0.0216. The molecular weight excluding hydrogens is 713 g/mol. The number of ether oxygens (including phenoxy) is 2. The Hall–Kier alpha value is -2.29. The predicted octanol–water partition coefficient (Wildman–Crippen LogP) is 12.1. The molecule has 0 saturated heterocycles. The smallest absolute Gasteiger partial charge is 0.462 e. The average Bonchev–Trinajstić information content (AvgIpc) is 3.13. The van der Waals surface area contributed by atoms with Gasteiger partial charge in [0.15, 0.2) is 6.10 Å². The lowest BCUT2D eigenvalue weighted by Crippen LogP contribution is -2.37. The second kappa shape index (κ2) is 37.3. The molecule has 1 N–H and O–H groups in total. The molecule has 0 heterocycles. The molecule has 10 heteroatoms. The van der Waals surface area contributed by atoms with Gasteiger partial charge in [-0.1, -0.05) is 152 Å². The van der Waals surface area contributed by atoms with Crippen molar-refractivity contribution >= 4 is 19.8 Å². The van der Waals surface area contributed by atoms with E-state index >= 15 is 0 Å². The number of likely N-dealkylation sites (N-methyl/N-ethyl adjacent to an activating group) is 1. The van der Waals surface area contributed by atoms with Crippen molar-refractivity contribution in [2.45, 2.75) is 168 Å². The standard InChI is InChI=1S/C45H80NO8P/c1-6-8-10-12-14-16-18-20-21-22-23-24-25-26-28-30-32-34-36-38-45(48)54-43(42-53-55(49,50)52-40-39-46(3,4)5)41-51-44(47)37-35-33-31-29-27-19-17-15-13-11-9-7-2/h8,10,14,16,20-21,23-24,26,28,43H,6-7,9,11-13,15,17-19,22,25,27,29-42H2,1-5H3/p+1/b10-8+,16-14+,21-20+,24-23+,28-26+/t43-/m1/s1. The van der Waals surface area contributed by atoms with Crippen molar-refractivity contribution in [2.24, 2.45) is 0 Å². The number of phosphoric acid groups is 1. The maximum atomic E-state index is 12.7. The highest BCUT2D eigenvalue weighted by Gasteiger charge is 2.27. The Labute approximate surface area is 336 Å². The first-order valence-corrected chi connectivity index (χ1v) is 23.0. The molecule has 0 aliphatic heterocycles. The van der Waals surface area contributed by atoms with Crippen LogP contribution in [0.25, 0.3) is 0 Å². The van der Waals surface area contributed by atoms with Gasteiger partial charge in [-0.2, -0.15) is 0 Å². The van der Waals surface area contributed by atoms with Crippen molar-refractivity contribution in [1.82, 2.24) is 0 Å². The summed E-state index contributed by atoms with van der Waals surface area (Å²) in [5.74, 6) is -0.839. The molecule has 0 fully saturated rings. The highest BCUT2D eigenvalue weighted by molar-refractivity contribution is 7.47. The van der Waals surface area contributed by atoms with Gasteiger partial charge in [0.25, 0.3) is 0 Å². The Bertz CT molecular complexity index is 1120. The van der Waals surface area contributed by atoms with E-state index in [0.29, 0.717) is 17.4 Å². The Balaban J connectivity index is 4.44. The van der Waals surface area contributed by atoms with Gasteiger partial charge in [0.1, 0.15) is 19.8 Å². The summed E-state index contributed by atoms with van der Waals surface area (Å²) in [6.07, 6.45) is 44.1. The zero-order valence-electron chi connectivity index (χ0n) is 35.6. The predicted molar refractivity (Wildman–Crippen MR) is 229 cm³/mol. The van der Waals surface area contributed by atoms with Gasteiger partial charge in [-0.05, 0) is 57.8 Å². The number of phosphoric ester groups is 1. The Morgan fingerprint density at radius 3 is 1.55 bits per heavy atom. The molecule has 0 radical (unpaired) electrons. The van der Waals surface area contributed by atoms with Crippen molar-refractivity contribution in [3.8, 4) is 0 Å². The monoisotopic (exact) mass is 795 g/mol. The molecule has 55 heavy (non-hydrogen) atoms. The lowest BCUT2D eigenvalue weighted by Gasteiger charge is -2.24. The summed E-state index contributed by atoms with van der Waals surface area (Å²) in [4.78, 5) is 35.3. The van der Waals surface area contributed by atoms with Crippen LogP contribution in [0, 0.1) is 0 Å². The normalized spacial score (nSPS) is 14.2. The largest absolute Gasteiger partial charge is 0.472 e. The number of carbonyl (C=O) groups excluding carboxylic acids is 2. The fourth-order valence-corrected chi connectivity index (χ4v) is 6.19. The van der Waals surface area contributed by atoms with Gasteiger partial charge in [-0.15, -0.1) is 0 Å². The zero-order chi connectivity index (χ0) is 40.7. The first-order valence-electron chi connectivity index (χ1n) is 21.5. The molecule has 0 aliphatic carbocycles. The molecular formula is C45H81NO8P+. The van der Waals surface area contributed by atoms with E-state index in [0.717, 1.165) is 70.6 Å². The van der Waals surface area contributed by atoms with Gasteiger partial charge in [-0.25, -0.2) is 4.57 Å². The first kappa shape index (κ1) is 52.7. The molecule has 0 aromatic carbocycles. The maximum absolute atomic E-state index is 12.7. The summed E-state index contributed by atoms with van der Waals surface area (Å²) >= 11 is 0. The van der Waals surface area contributed by atoms with Gasteiger partial charge in [0.2, 0.25) is 0 Å². The fourth-order valence-electron chi connectivity index (χ4n) is 5.45. The summed E-state index contributed by atoms with van der Waals surface area (Å²) in [6.45, 7) is 4.25. The Morgan fingerprint density at radius 2 is 1.04 bits per heavy atom. The van der Waals surface area contributed by atoms with E-state index in [4.69, 9.17) is 18.5 Å². The van der Waals surface area contributed by atoms with E-state index in [1.165, 1.54) is 57.8 Å². The zero-order valence-corrected chi connectivity index (χ0v) is 36.5. The number of quaternary nitrogens is 1. The molecule has 0 saturated carbocycles. The molecule has 0 amide bonds. The van der Waals surface area contributed by atoms with Crippen LogP contribution >= 0.6 is 7.82 Å². The molecule has 2 atom stereocenters. The Kier molecular flexibility index (Phi) is 35.7. The van der Waals surface area contributed by atoms with E-state index in [9.17, 15) is 19.0 Å². The molecule has 0 spiro atoms. The third kappa shape index (κ3) is 41.2. The van der Waals surface area contributed by atoms with Crippen LogP contribution in [0.15, 0.2) is 60.8 Å². The summed E-state index contributed by atoms with van der Waals surface area (Å²) in [7, 11) is 1.45. The topological polar surface area (TPSA) is 108 Å². The number of allylic oxidation sites excluding steroid dienone is 10. The molecule has 0 bridgehead atoms. The highest BCUT2D eigenvalue weighted by Crippen LogP contribution is 2.43. The number of hydrogen-bond donors (Lipinski definition) is 1. The van der Waals surface area contributed by atoms with Crippen LogP contribution in [-0.2, 0) is 32.7 Å². The average molecular weight is 795 g/mol. The van der Waals surface area contributed by atoms with Crippen LogP contribution in [0.5, 0.6) is 0 Å². The van der Waals surface area contributed by atoms with Crippen LogP contribution in [-0.4, -0.2) is 74.9 Å². The number of rotatable bonds is 38. The van der Waals surface area contributed by atoms with Crippen molar-refractivity contribution in [1.29, 1.82) is 0 Å². The van der Waals surface area contributed by atoms with E-state index in [1.807, 2.05) is 21.1 Å². The van der Waals surface area contributed by atoms with Crippen LogP contribution in [0.3, 0.4) is 0 Å². The van der Waals surface area contributed by atoms with Crippen molar-refractivity contribution in [3.05, 3.63) is 60.8 Å². The number of nitrogens with zero attached hydrogens (tertiary/aromatic N) is 1. The second-order valence-corrected chi connectivity index (χ2v) is 16.8. The van der Waals surface area contributed by atoms with Crippen molar-refractivity contribution < 1.29 is 42.1 Å². The lowest BCUT2D eigenvalue weighted by molar-refractivity contribution is -0.870. The van der Waals surface area contributed by atoms with Gasteiger partial charge in [-0.3, -0.25) is 18.6 Å². The summed E-state index contributed by atoms with van der Waals surface area (Å²) < 4.78 is 34.2. The van der Waals surface area contributed by atoms with Crippen molar-refractivity contribution in [3.63, 3.8) is 0 Å². The third-order valence-corrected chi connectivity index (χ3v) is 9.80. The molecule has 1 unspecified atom stereocenters. The second-order valence-electron chi connectivity index (χ2n) is 15.4. The number of esters is 2. The van der Waals surface area contributed by atoms with E-state index in [2.05, 4.69) is 74.6 Å². The SMILES string of the molecule is CC/C=C/C/C=C/C/C=C/C/C=C/C/C=C/CCCCCC(=O)O[C@H](COC(=O)CCCCCCCCCCCCCC)COP(=O)(O)OCC[N+](C)(C)C. The fraction of sp³-hybridized carbons (Fsp3) is 0.733. The van der Waals surface area contributed by atoms with Crippen LogP contribution in [0.2, 0.25) is 0 Å². The Morgan fingerprint density at radius 1 is 0.582 bits per heavy atom. The van der Waals surface area contributed by atoms with Crippen molar-refractivity contribution in [2.75, 3.05) is 47.5 Å². The maximum Gasteiger partial charge on any atom is 0.472 e. The number of unbranched alkanes of at least 4 members (excludes halogenated alkanes) is 14. The van der Waals surface area contributed by atoms with Crippen LogP contribution < -0.4 is 0 Å². The molecule has 0 aromatic rings.